The monoisotopic (exact) mass is 334 g/mol. The van der Waals surface area contributed by atoms with E-state index in [0.717, 1.165) is 34.2 Å². The van der Waals surface area contributed by atoms with Crippen molar-refractivity contribution in [2.24, 2.45) is 0 Å². The molecule has 126 valence electrons. The minimum Gasteiger partial charge on any atom is -0.378 e. The Kier molecular flexibility index (Phi) is 4.14. The van der Waals surface area contributed by atoms with Crippen LogP contribution in [0, 0.1) is 0 Å². The van der Waals surface area contributed by atoms with E-state index in [0.29, 0.717) is 13.2 Å². The molecule has 0 spiro atoms. The van der Waals surface area contributed by atoms with Gasteiger partial charge in [0.15, 0.2) is 5.82 Å². The number of ether oxygens (including phenoxy) is 1. The Labute approximate surface area is 144 Å². The van der Waals surface area contributed by atoms with Crippen molar-refractivity contribution in [3.8, 4) is 22.8 Å². The highest BCUT2D eigenvalue weighted by Crippen LogP contribution is 2.29. The van der Waals surface area contributed by atoms with Crippen molar-refractivity contribution in [3.05, 3.63) is 66.5 Å². The lowest BCUT2D eigenvalue weighted by molar-refractivity contribution is 0.181. The van der Waals surface area contributed by atoms with Gasteiger partial charge in [0.25, 0.3) is 0 Å². The van der Waals surface area contributed by atoms with Crippen LogP contribution in [0.1, 0.15) is 11.4 Å². The lowest BCUT2D eigenvalue weighted by Crippen LogP contribution is -2.02. The first-order valence-electron chi connectivity index (χ1n) is 7.97. The van der Waals surface area contributed by atoms with Crippen LogP contribution in [-0.2, 0) is 17.9 Å². The maximum atomic E-state index is 5.12. The second-order valence-corrected chi connectivity index (χ2v) is 5.69. The van der Waals surface area contributed by atoms with Gasteiger partial charge in [0.2, 0.25) is 0 Å². The van der Waals surface area contributed by atoms with Crippen LogP contribution >= 0.6 is 0 Å². The summed E-state index contributed by atoms with van der Waals surface area (Å²) < 4.78 is 7.18. The molecule has 0 aliphatic carbocycles. The number of methoxy groups -OCH3 is 1. The van der Waals surface area contributed by atoms with Gasteiger partial charge in [0.1, 0.15) is 5.69 Å². The van der Waals surface area contributed by atoms with Crippen molar-refractivity contribution < 1.29 is 4.74 Å². The smallest absolute Gasteiger partial charge is 0.156 e. The maximum absolute atomic E-state index is 5.12. The highest BCUT2D eigenvalue weighted by Gasteiger charge is 2.17. The number of hydrogen-bond acceptors (Lipinski definition) is 4. The molecule has 4 aromatic rings. The topological polar surface area (TPSA) is 84.4 Å². The predicted octanol–water partition coefficient (Wildman–Crippen LogP) is 2.86. The Morgan fingerprint density at radius 2 is 2.04 bits per heavy atom. The van der Waals surface area contributed by atoms with E-state index in [-0.39, 0.29) is 0 Å². The Balaban J connectivity index is 1.73. The number of H-pyrrole nitrogens is 2. The highest BCUT2D eigenvalue weighted by atomic mass is 16.5. The van der Waals surface area contributed by atoms with Gasteiger partial charge in [0.05, 0.1) is 36.6 Å². The standard InChI is InChI=1S/C18H18N6O/c1-25-11-15-9-14(22-23-15)10-24-12-21-16(13-5-3-2-4-6-13)17(24)18-19-7-8-20-18/h2-9,12H,10-11H2,1H3,(H,19,20)(H,22,23). The third kappa shape index (κ3) is 3.09. The molecule has 7 heteroatoms. The number of benzene rings is 1. The van der Waals surface area contributed by atoms with Crippen LogP contribution in [0.3, 0.4) is 0 Å². The molecule has 0 saturated carbocycles. The van der Waals surface area contributed by atoms with Gasteiger partial charge in [-0.05, 0) is 6.07 Å². The number of imidazole rings is 2. The van der Waals surface area contributed by atoms with E-state index in [9.17, 15) is 0 Å². The molecule has 0 unspecified atom stereocenters. The first-order valence-corrected chi connectivity index (χ1v) is 7.97. The lowest BCUT2D eigenvalue weighted by Gasteiger charge is -2.07. The normalized spacial score (nSPS) is 11.1. The Bertz CT molecular complexity index is 939. The van der Waals surface area contributed by atoms with Crippen LogP contribution in [0.2, 0.25) is 0 Å². The fourth-order valence-corrected chi connectivity index (χ4v) is 2.85. The Morgan fingerprint density at radius 1 is 1.16 bits per heavy atom. The molecule has 3 aromatic heterocycles. The summed E-state index contributed by atoms with van der Waals surface area (Å²) in [4.78, 5) is 12.2. The van der Waals surface area contributed by atoms with Crippen LogP contribution < -0.4 is 0 Å². The van der Waals surface area contributed by atoms with Crippen LogP contribution in [0.25, 0.3) is 22.8 Å². The van der Waals surface area contributed by atoms with Crippen molar-refractivity contribution in [3.63, 3.8) is 0 Å². The number of nitrogens with one attached hydrogen (secondary N) is 2. The van der Waals surface area contributed by atoms with Gasteiger partial charge in [0, 0.05) is 25.1 Å². The third-order valence-electron chi connectivity index (χ3n) is 3.92. The van der Waals surface area contributed by atoms with Crippen molar-refractivity contribution >= 4 is 0 Å². The molecule has 2 N–H and O–H groups in total. The van der Waals surface area contributed by atoms with E-state index >= 15 is 0 Å². The highest BCUT2D eigenvalue weighted by molar-refractivity contribution is 5.75. The fraction of sp³-hybridized carbons (Fsp3) is 0.167. The molecule has 0 fully saturated rings. The summed E-state index contributed by atoms with van der Waals surface area (Å²) in [6.45, 7) is 1.10. The van der Waals surface area contributed by atoms with Gasteiger partial charge in [-0.15, -0.1) is 0 Å². The zero-order chi connectivity index (χ0) is 17.1. The second-order valence-electron chi connectivity index (χ2n) is 5.69. The predicted molar refractivity (Wildman–Crippen MR) is 93.6 cm³/mol. The summed E-state index contributed by atoms with van der Waals surface area (Å²) in [5.74, 6) is 0.785. The number of hydrogen-bond donors (Lipinski definition) is 2. The zero-order valence-corrected chi connectivity index (χ0v) is 13.8. The largest absolute Gasteiger partial charge is 0.378 e. The van der Waals surface area contributed by atoms with Gasteiger partial charge in [-0.25, -0.2) is 9.97 Å². The third-order valence-corrected chi connectivity index (χ3v) is 3.92. The number of aromatic nitrogens is 6. The van der Waals surface area contributed by atoms with Gasteiger partial charge in [-0.1, -0.05) is 30.3 Å². The molecule has 0 amide bonds. The Hall–Kier alpha value is -3.19. The average molecular weight is 334 g/mol. The van der Waals surface area contributed by atoms with Crippen LogP contribution in [-0.4, -0.2) is 36.8 Å². The van der Waals surface area contributed by atoms with E-state index in [4.69, 9.17) is 4.74 Å². The van der Waals surface area contributed by atoms with Crippen molar-refractivity contribution in [2.75, 3.05) is 7.11 Å². The lowest BCUT2D eigenvalue weighted by atomic mass is 10.1. The quantitative estimate of drug-likeness (QED) is 0.568. The minimum absolute atomic E-state index is 0.487. The molecule has 0 aliphatic heterocycles. The summed E-state index contributed by atoms with van der Waals surface area (Å²) in [6, 6.07) is 12.1. The van der Waals surface area contributed by atoms with Crippen molar-refractivity contribution in [1.82, 2.24) is 29.7 Å². The molecule has 3 heterocycles. The van der Waals surface area contributed by atoms with Gasteiger partial charge >= 0.3 is 0 Å². The zero-order valence-electron chi connectivity index (χ0n) is 13.8. The van der Waals surface area contributed by atoms with Crippen LogP contribution in [0.5, 0.6) is 0 Å². The van der Waals surface area contributed by atoms with Crippen LogP contribution in [0.4, 0.5) is 0 Å². The number of nitrogens with zero attached hydrogens (tertiary/aromatic N) is 4. The Morgan fingerprint density at radius 3 is 2.80 bits per heavy atom. The van der Waals surface area contributed by atoms with Gasteiger partial charge < -0.3 is 14.3 Å². The molecule has 0 radical (unpaired) electrons. The maximum Gasteiger partial charge on any atom is 0.156 e. The van der Waals surface area contributed by atoms with E-state index < -0.39 is 0 Å². The summed E-state index contributed by atoms with van der Waals surface area (Å²) in [6.07, 6.45) is 5.39. The molecule has 4 rings (SSSR count). The first kappa shape index (κ1) is 15.3. The molecule has 7 nitrogen and oxygen atoms in total. The summed E-state index contributed by atoms with van der Waals surface area (Å²) in [5, 5.41) is 7.30. The summed E-state index contributed by atoms with van der Waals surface area (Å²) in [5.41, 5.74) is 4.75. The number of aromatic amines is 2. The second kappa shape index (κ2) is 6.74. The minimum atomic E-state index is 0.487. The molecule has 1 aromatic carbocycles. The molecule has 0 atom stereocenters. The van der Waals surface area contributed by atoms with E-state index in [1.54, 1.807) is 13.3 Å². The molecule has 0 saturated heterocycles. The van der Waals surface area contributed by atoms with E-state index in [1.165, 1.54) is 0 Å². The van der Waals surface area contributed by atoms with Gasteiger partial charge in [-0.3, -0.25) is 5.10 Å². The molecular weight excluding hydrogens is 316 g/mol. The molecule has 25 heavy (non-hydrogen) atoms. The SMILES string of the molecule is COCc1cc(Cn2cnc(-c3ccccc3)c2-c2ncc[nH]2)[nH]n1. The summed E-state index contributed by atoms with van der Waals surface area (Å²) >= 11 is 0. The number of rotatable bonds is 6. The van der Waals surface area contributed by atoms with Crippen molar-refractivity contribution in [2.45, 2.75) is 13.2 Å². The van der Waals surface area contributed by atoms with E-state index in [1.807, 2.05) is 48.9 Å². The summed E-state index contributed by atoms with van der Waals surface area (Å²) in [7, 11) is 1.66. The molecular formula is C18H18N6O. The molecule has 0 bridgehead atoms. The average Bonchev–Trinajstić information content (AvgIpc) is 3.37. The van der Waals surface area contributed by atoms with Gasteiger partial charge in [-0.2, -0.15) is 5.10 Å². The first-order chi connectivity index (χ1) is 12.3. The fourth-order valence-electron chi connectivity index (χ4n) is 2.85. The molecule has 0 aliphatic rings. The van der Waals surface area contributed by atoms with Crippen LogP contribution in [0.15, 0.2) is 55.1 Å². The van der Waals surface area contributed by atoms with Crippen molar-refractivity contribution in [1.29, 1.82) is 0 Å². The van der Waals surface area contributed by atoms with E-state index in [2.05, 4.69) is 29.7 Å².